The predicted octanol–water partition coefficient (Wildman–Crippen LogP) is 1.78. The fraction of sp³-hybridized carbons (Fsp3) is 0. The van der Waals surface area contributed by atoms with Gasteiger partial charge in [-0.2, -0.15) is 0 Å². The maximum absolute atomic E-state index is 4.23. The van der Waals surface area contributed by atoms with Gasteiger partial charge < -0.3 is 0 Å². The topological polar surface area (TPSA) is 30.2 Å². The maximum atomic E-state index is 4.23. The third-order valence-electron chi connectivity index (χ3n) is 1.04. The highest BCUT2D eigenvalue weighted by Crippen LogP contribution is 2.14. The molecule has 2 rings (SSSR count). The molecule has 0 saturated heterocycles. The fourth-order valence-electron chi connectivity index (χ4n) is 0.648. The van der Waals surface area contributed by atoms with Crippen LogP contribution in [0.1, 0.15) is 5.82 Å². The lowest BCUT2D eigenvalue weighted by Crippen LogP contribution is -1.88. The van der Waals surface area contributed by atoms with E-state index in [2.05, 4.69) is 12.3 Å². The second-order valence-corrected chi connectivity index (χ2v) is 3.30. The van der Waals surface area contributed by atoms with Gasteiger partial charge in [-0.1, -0.05) is 0 Å². The van der Waals surface area contributed by atoms with Gasteiger partial charge in [0, 0.05) is 33.4 Å². The third-order valence-corrected chi connectivity index (χ3v) is 2.44. The molecule has 1 aliphatic rings. The zero-order chi connectivity index (χ0) is 6.10. The zero-order valence-electron chi connectivity index (χ0n) is 4.53. The molecule has 0 N–H and O–H groups in total. The number of nitrogens with zero attached hydrogens (tertiary/aromatic N) is 3. The molecule has 0 aromatic carbocycles. The van der Waals surface area contributed by atoms with E-state index in [1.165, 1.54) is 0 Å². The highest BCUT2D eigenvalue weighted by atomic mass is 127. The first kappa shape index (κ1) is 5.28. The minimum Gasteiger partial charge on any atom is -0.235 e. The first-order valence-corrected chi connectivity index (χ1v) is 4.72. The van der Waals surface area contributed by atoms with Crippen molar-refractivity contribution in [1.29, 1.82) is 0 Å². The molecule has 0 fully saturated rings. The number of halogens is 1. The molecule has 0 radical (unpaired) electrons. The lowest BCUT2D eigenvalue weighted by Gasteiger charge is -1.96. The van der Waals surface area contributed by atoms with Crippen LogP contribution in [-0.2, 0) is 0 Å². The third kappa shape index (κ3) is 0.827. The van der Waals surface area contributed by atoms with E-state index in [0.717, 1.165) is 5.82 Å². The molecular formula is C5H4IN3. The van der Waals surface area contributed by atoms with E-state index in [1.807, 2.05) is 16.9 Å². The second-order valence-electron chi connectivity index (χ2n) is 1.60. The monoisotopic (exact) mass is 233 g/mol. The molecule has 0 amide bonds. The Labute approximate surface area is 62.5 Å². The minimum absolute atomic E-state index is 0.0808. The van der Waals surface area contributed by atoms with Gasteiger partial charge in [-0.15, -0.1) is 3.25 Å². The molecular weight excluding hydrogens is 229 g/mol. The van der Waals surface area contributed by atoms with Gasteiger partial charge in [0.15, 0.2) is 5.82 Å². The smallest absolute Gasteiger partial charge is 0.154 e. The summed E-state index contributed by atoms with van der Waals surface area (Å²) in [7, 11) is 0. The van der Waals surface area contributed by atoms with Crippen molar-refractivity contribution in [2.24, 2.45) is 3.25 Å². The van der Waals surface area contributed by atoms with Gasteiger partial charge >= 0.3 is 0 Å². The lowest BCUT2D eigenvalue weighted by molar-refractivity contribution is 0.891. The number of rotatable bonds is 0. The van der Waals surface area contributed by atoms with Crippen LogP contribution in [0.3, 0.4) is 0 Å². The molecule has 1 aromatic heterocycles. The van der Waals surface area contributed by atoms with Crippen molar-refractivity contribution in [3.8, 4) is 0 Å². The number of hydrogen-bond donors (Lipinski definition) is 0. The summed E-state index contributed by atoms with van der Waals surface area (Å²) >= 11 is -0.0808. The molecule has 3 nitrogen and oxygen atoms in total. The van der Waals surface area contributed by atoms with Crippen molar-refractivity contribution >= 4 is 27.1 Å². The molecule has 0 aliphatic carbocycles. The number of hydrogen-bond acceptors (Lipinski definition) is 2. The Morgan fingerprint density at radius 2 is 2.56 bits per heavy atom. The van der Waals surface area contributed by atoms with Crippen molar-refractivity contribution in [2.45, 2.75) is 0 Å². The first-order chi connectivity index (χ1) is 4.47. The largest absolute Gasteiger partial charge is 0.235 e. The lowest BCUT2D eigenvalue weighted by atomic mass is 10.6. The molecule has 9 heavy (non-hydrogen) atoms. The van der Waals surface area contributed by atoms with E-state index < -0.39 is 0 Å². The first-order valence-electron chi connectivity index (χ1n) is 2.51. The fourth-order valence-corrected chi connectivity index (χ4v) is 1.91. The summed E-state index contributed by atoms with van der Waals surface area (Å²) in [4.78, 5) is 4.06. The molecule has 1 aromatic rings. The molecule has 0 unspecified atom stereocenters. The zero-order valence-corrected chi connectivity index (χ0v) is 6.69. The molecule has 1 aliphatic heterocycles. The van der Waals surface area contributed by atoms with Crippen LogP contribution in [0, 0.1) is 0 Å². The summed E-state index contributed by atoms with van der Waals surface area (Å²) in [5.74, 6) is 0.945. The highest BCUT2D eigenvalue weighted by Gasteiger charge is 1.97. The Bertz CT molecular complexity index is 247. The summed E-state index contributed by atoms with van der Waals surface area (Å²) in [5.41, 5.74) is 0. The number of imidazole rings is 1. The Balaban J connectivity index is 2.68. The van der Waals surface area contributed by atoms with Crippen molar-refractivity contribution in [2.75, 3.05) is 0 Å². The van der Waals surface area contributed by atoms with Crippen LogP contribution in [0.4, 0.5) is 0 Å². The summed E-state index contributed by atoms with van der Waals surface area (Å²) in [6.07, 6.45) is 5.65. The van der Waals surface area contributed by atoms with E-state index in [-0.39, 0.29) is 21.0 Å². The van der Waals surface area contributed by atoms with E-state index in [4.69, 9.17) is 0 Å². The second kappa shape index (κ2) is 2.02. The predicted molar refractivity (Wildman–Crippen MR) is 43.1 cm³/mol. The molecule has 0 bridgehead atoms. The van der Waals surface area contributed by atoms with Crippen LogP contribution in [0.2, 0.25) is 0 Å². The number of aromatic nitrogens is 2. The van der Waals surface area contributed by atoms with E-state index in [0.29, 0.717) is 0 Å². The van der Waals surface area contributed by atoms with Crippen molar-refractivity contribution in [1.82, 2.24) is 9.66 Å². The van der Waals surface area contributed by atoms with Gasteiger partial charge in [0.05, 0.1) is 0 Å². The highest BCUT2D eigenvalue weighted by molar-refractivity contribution is 14.2. The summed E-state index contributed by atoms with van der Waals surface area (Å²) < 4.78 is 8.16. The molecule has 4 heteroatoms. The molecule has 0 atom stereocenters. The summed E-state index contributed by atoms with van der Waals surface area (Å²) in [5, 5.41) is 0. The van der Waals surface area contributed by atoms with Gasteiger partial charge in [0.25, 0.3) is 0 Å². The standard InChI is InChI=1S/C5H4IN3/c1-2-6-8-9-4-3-7-5(1)9/h1-4H. The van der Waals surface area contributed by atoms with E-state index in [1.54, 1.807) is 6.20 Å². The Morgan fingerprint density at radius 3 is 3.44 bits per heavy atom. The van der Waals surface area contributed by atoms with E-state index >= 15 is 0 Å². The molecule has 2 heterocycles. The SMILES string of the molecule is C1=Cc2nccn2N=I1. The maximum Gasteiger partial charge on any atom is 0.154 e. The average molecular weight is 233 g/mol. The molecule has 0 saturated carbocycles. The van der Waals surface area contributed by atoms with Crippen molar-refractivity contribution in [3.63, 3.8) is 0 Å². The molecule has 0 spiro atoms. The van der Waals surface area contributed by atoms with Gasteiger partial charge in [-0.05, 0) is 10.2 Å². The van der Waals surface area contributed by atoms with Crippen LogP contribution in [0.15, 0.2) is 19.7 Å². The van der Waals surface area contributed by atoms with Crippen LogP contribution in [0.25, 0.3) is 6.08 Å². The Morgan fingerprint density at radius 1 is 1.56 bits per heavy atom. The summed E-state index contributed by atoms with van der Waals surface area (Å²) in [6, 6.07) is 0. The van der Waals surface area contributed by atoms with Crippen LogP contribution in [-0.4, -0.2) is 9.66 Å². The van der Waals surface area contributed by atoms with Crippen LogP contribution < -0.4 is 0 Å². The summed E-state index contributed by atoms with van der Waals surface area (Å²) in [6.45, 7) is 0. The van der Waals surface area contributed by atoms with Crippen molar-refractivity contribution < 1.29 is 0 Å². The Hall–Kier alpha value is -0.520. The normalized spacial score (nSPS) is 14.7. The van der Waals surface area contributed by atoms with E-state index in [9.17, 15) is 0 Å². The van der Waals surface area contributed by atoms with Crippen molar-refractivity contribution in [3.05, 3.63) is 22.3 Å². The average Bonchev–Trinajstić information content (AvgIpc) is 2.33. The van der Waals surface area contributed by atoms with Gasteiger partial charge in [0.1, 0.15) is 0 Å². The van der Waals surface area contributed by atoms with Crippen LogP contribution >= 0.6 is 21.0 Å². The Kier molecular flexibility index (Phi) is 1.18. The van der Waals surface area contributed by atoms with Crippen LogP contribution in [0.5, 0.6) is 0 Å². The van der Waals surface area contributed by atoms with Gasteiger partial charge in [-0.25, -0.2) is 9.66 Å². The number of fused-ring (bicyclic) bond motifs is 1. The molecule has 46 valence electrons. The van der Waals surface area contributed by atoms with Gasteiger partial charge in [0.2, 0.25) is 0 Å². The minimum atomic E-state index is -0.0808. The van der Waals surface area contributed by atoms with Gasteiger partial charge in [-0.3, -0.25) is 0 Å². The quantitative estimate of drug-likeness (QED) is 0.628.